The van der Waals surface area contributed by atoms with Crippen molar-refractivity contribution in [2.45, 2.75) is 25.8 Å². The lowest BCUT2D eigenvalue weighted by molar-refractivity contribution is 0.0927. The fraction of sp³-hybridized carbons (Fsp3) is 0.400. The summed E-state index contributed by atoms with van der Waals surface area (Å²) in [5.41, 5.74) is 7.02. The Morgan fingerprint density at radius 2 is 2.30 bits per heavy atom. The van der Waals surface area contributed by atoms with Gasteiger partial charge in [-0.2, -0.15) is 0 Å². The van der Waals surface area contributed by atoms with Crippen LogP contribution in [0.25, 0.3) is 5.69 Å². The molecular weight excluding hydrogens is 321 g/mol. The fourth-order valence-corrected chi connectivity index (χ4v) is 2.68. The van der Waals surface area contributed by atoms with Gasteiger partial charge >= 0.3 is 0 Å². The molecule has 0 aliphatic heterocycles. The second-order valence-electron chi connectivity index (χ2n) is 5.69. The molecule has 1 aliphatic carbocycles. The third-order valence-corrected chi connectivity index (χ3v) is 4.31. The summed E-state index contributed by atoms with van der Waals surface area (Å²) < 4.78 is 14.7. The number of nitrogens with zero attached hydrogens (tertiary/aromatic N) is 3. The maximum atomic E-state index is 13.3. The highest BCUT2D eigenvalue weighted by atomic mass is 35.5. The summed E-state index contributed by atoms with van der Waals surface area (Å²) in [4.78, 5) is 12.4. The zero-order valence-corrected chi connectivity index (χ0v) is 13.3. The van der Waals surface area contributed by atoms with E-state index in [0.29, 0.717) is 23.8 Å². The molecule has 0 bridgehead atoms. The second-order valence-corrected chi connectivity index (χ2v) is 6.09. The van der Waals surface area contributed by atoms with Gasteiger partial charge in [-0.1, -0.05) is 16.8 Å². The van der Waals surface area contributed by atoms with Gasteiger partial charge in [-0.15, -0.1) is 5.10 Å². The molecule has 0 radical (unpaired) electrons. The van der Waals surface area contributed by atoms with Crippen LogP contribution in [0.2, 0.25) is 5.02 Å². The monoisotopic (exact) mass is 337 g/mol. The van der Waals surface area contributed by atoms with Crippen LogP contribution in [0.15, 0.2) is 18.2 Å². The van der Waals surface area contributed by atoms with Crippen molar-refractivity contribution in [1.29, 1.82) is 0 Å². The molecule has 1 aromatic carbocycles. The van der Waals surface area contributed by atoms with Gasteiger partial charge in [0.05, 0.1) is 16.4 Å². The highest BCUT2D eigenvalue weighted by Gasteiger charge is 2.32. The Hall–Kier alpha value is -1.99. The van der Waals surface area contributed by atoms with Crippen LogP contribution in [0.3, 0.4) is 0 Å². The summed E-state index contributed by atoms with van der Waals surface area (Å²) in [5, 5.41) is 10.8. The Bertz CT molecular complexity index is 743. The zero-order chi connectivity index (χ0) is 16.6. The van der Waals surface area contributed by atoms with E-state index in [4.69, 9.17) is 17.3 Å². The quantitative estimate of drug-likeness (QED) is 0.871. The highest BCUT2D eigenvalue weighted by Crippen LogP contribution is 2.32. The van der Waals surface area contributed by atoms with Crippen LogP contribution in [0, 0.1) is 18.7 Å². The predicted octanol–water partition coefficient (Wildman–Crippen LogP) is 1.84. The molecule has 23 heavy (non-hydrogen) atoms. The molecule has 1 unspecified atom stereocenters. The minimum atomic E-state index is -0.513. The van der Waals surface area contributed by atoms with Gasteiger partial charge in [0, 0.05) is 12.6 Å². The summed E-state index contributed by atoms with van der Waals surface area (Å²) in [5.74, 6) is -0.360. The van der Waals surface area contributed by atoms with Crippen molar-refractivity contribution >= 4 is 17.5 Å². The lowest BCUT2D eigenvalue weighted by Gasteiger charge is -2.15. The SMILES string of the molecule is Cc1c(C(=O)NC(CN)C2CC2)nnn1-c1ccc(F)c(Cl)c1. The average Bonchev–Trinajstić information content (AvgIpc) is 3.30. The number of halogens is 2. The van der Waals surface area contributed by atoms with Gasteiger partial charge in [-0.3, -0.25) is 4.79 Å². The molecule has 1 saturated carbocycles. The number of rotatable bonds is 5. The first-order chi connectivity index (χ1) is 11.0. The molecule has 3 rings (SSSR count). The van der Waals surface area contributed by atoms with Crippen LogP contribution >= 0.6 is 11.6 Å². The first kappa shape index (κ1) is 15.9. The summed E-state index contributed by atoms with van der Waals surface area (Å²) in [6.45, 7) is 2.12. The molecule has 2 aromatic rings. The van der Waals surface area contributed by atoms with Crippen LogP contribution in [0.4, 0.5) is 4.39 Å². The smallest absolute Gasteiger partial charge is 0.274 e. The number of nitrogens with two attached hydrogens (primary N) is 1. The molecule has 1 aromatic heterocycles. The van der Waals surface area contributed by atoms with Crippen molar-refractivity contribution in [3.63, 3.8) is 0 Å². The Labute approximate surface area is 137 Å². The fourth-order valence-electron chi connectivity index (χ4n) is 2.51. The van der Waals surface area contributed by atoms with E-state index in [1.807, 2.05) is 0 Å². The Morgan fingerprint density at radius 3 is 2.91 bits per heavy atom. The van der Waals surface area contributed by atoms with Crippen molar-refractivity contribution in [3.8, 4) is 5.69 Å². The number of carbonyl (C=O) groups is 1. The summed E-state index contributed by atoms with van der Waals surface area (Å²) >= 11 is 5.79. The average molecular weight is 338 g/mol. The van der Waals surface area contributed by atoms with Gasteiger partial charge in [0.1, 0.15) is 5.82 Å². The molecule has 0 spiro atoms. The molecule has 122 valence electrons. The van der Waals surface area contributed by atoms with Crippen molar-refractivity contribution in [3.05, 3.63) is 40.4 Å². The van der Waals surface area contributed by atoms with E-state index in [1.54, 1.807) is 6.92 Å². The van der Waals surface area contributed by atoms with E-state index < -0.39 is 5.82 Å². The van der Waals surface area contributed by atoms with Gasteiger partial charge in [0.2, 0.25) is 0 Å². The zero-order valence-electron chi connectivity index (χ0n) is 12.6. The molecule has 8 heteroatoms. The third-order valence-electron chi connectivity index (χ3n) is 4.02. The van der Waals surface area contributed by atoms with Gasteiger partial charge in [0.15, 0.2) is 5.69 Å². The first-order valence-electron chi connectivity index (χ1n) is 7.40. The number of amides is 1. The highest BCUT2D eigenvalue weighted by molar-refractivity contribution is 6.30. The molecule has 1 aliphatic rings. The molecule has 1 atom stereocenters. The Balaban J connectivity index is 1.83. The normalized spacial score (nSPS) is 15.5. The molecule has 1 heterocycles. The van der Waals surface area contributed by atoms with Crippen molar-refractivity contribution in [2.24, 2.45) is 11.7 Å². The van der Waals surface area contributed by atoms with Crippen molar-refractivity contribution in [2.75, 3.05) is 6.54 Å². The van der Waals surface area contributed by atoms with Gasteiger partial charge in [0.25, 0.3) is 5.91 Å². The first-order valence-corrected chi connectivity index (χ1v) is 7.77. The van der Waals surface area contributed by atoms with Crippen molar-refractivity contribution < 1.29 is 9.18 Å². The third kappa shape index (κ3) is 3.20. The minimum Gasteiger partial charge on any atom is -0.346 e. The van der Waals surface area contributed by atoms with E-state index in [-0.39, 0.29) is 22.7 Å². The topological polar surface area (TPSA) is 85.8 Å². The standard InChI is InChI=1S/C15H17ClFN5O/c1-8-14(15(23)19-13(7-18)9-2-3-9)20-21-22(8)10-4-5-12(17)11(16)6-10/h4-6,9,13H,2-3,7,18H2,1H3,(H,19,23). The molecule has 1 fully saturated rings. The molecule has 1 amide bonds. The molecular formula is C15H17ClFN5O. The minimum absolute atomic E-state index is 0.0136. The molecule has 0 saturated heterocycles. The van der Waals surface area contributed by atoms with Crippen LogP contribution < -0.4 is 11.1 Å². The summed E-state index contributed by atoms with van der Waals surface area (Å²) in [6.07, 6.45) is 2.17. The molecule has 6 nitrogen and oxygen atoms in total. The number of nitrogens with one attached hydrogen (secondary N) is 1. The maximum Gasteiger partial charge on any atom is 0.274 e. The van der Waals surface area contributed by atoms with E-state index in [0.717, 1.165) is 12.8 Å². The maximum absolute atomic E-state index is 13.3. The van der Waals surface area contributed by atoms with E-state index >= 15 is 0 Å². The van der Waals surface area contributed by atoms with Crippen LogP contribution in [-0.4, -0.2) is 33.5 Å². The largest absolute Gasteiger partial charge is 0.346 e. The number of carbonyl (C=O) groups excluding carboxylic acids is 1. The number of aromatic nitrogens is 3. The van der Waals surface area contributed by atoms with E-state index in [9.17, 15) is 9.18 Å². The Kier molecular flexibility index (Phi) is 4.32. The van der Waals surface area contributed by atoms with Crippen LogP contribution in [0.5, 0.6) is 0 Å². The van der Waals surface area contributed by atoms with E-state index in [1.165, 1.54) is 22.9 Å². The number of hydrogen-bond donors (Lipinski definition) is 2. The molecule has 3 N–H and O–H groups in total. The van der Waals surface area contributed by atoms with Gasteiger partial charge in [-0.05, 0) is 43.9 Å². The summed E-state index contributed by atoms with van der Waals surface area (Å²) in [6, 6.07) is 4.17. The number of benzene rings is 1. The predicted molar refractivity (Wildman–Crippen MR) is 84.1 cm³/mol. The van der Waals surface area contributed by atoms with E-state index in [2.05, 4.69) is 15.6 Å². The van der Waals surface area contributed by atoms with Gasteiger partial charge in [-0.25, -0.2) is 9.07 Å². The van der Waals surface area contributed by atoms with Crippen LogP contribution in [-0.2, 0) is 0 Å². The number of hydrogen-bond acceptors (Lipinski definition) is 4. The summed E-state index contributed by atoms with van der Waals surface area (Å²) in [7, 11) is 0. The van der Waals surface area contributed by atoms with Crippen LogP contribution in [0.1, 0.15) is 29.0 Å². The van der Waals surface area contributed by atoms with Gasteiger partial charge < -0.3 is 11.1 Å². The lowest BCUT2D eigenvalue weighted by Crippen LogP contribution is -2.42. The van der Waals surface area contributed by atoms with Crippen molar-refractivity contribution in [1.82, 2.24) is 20.3 Å². The lowest BCUT2D eigenvalue weighted by atomic mass is 10.2. The Morgan fingerprint density at radius 1 is 1.57 bits per heavy atom. The second kappa shape index (κ2) is 6.25.